The second-order valence-electron chi connectivity index (χ2n) is 6.80. The lowest BCUT2D eigenvalue weighted by Crippen LogP contribution is -2.36. The van der Waals surface area contributed by atoms with E-state index in [1.165, 1.54) is 6.42 Å². The molecule has 24 heavy (non-hydrogen) atoms. The summed E-state index contributed by atoms with van der Waals surface area (Å²) in [7, 11) is 0. The van der Waals surface area contributed by atoms with Gasteiger partial charge in [-0.3, -0.25) is 9.89 Å². The van der Waals surface area contributed by atoms with Crippen molar-refractivity contribution in [1.82, 2.24) is 20.1 Å². The Morgan fingerprint density at radius 1 is 1.21 bits per heavy atom. The summed E-state index contributed by atoms with van der Waals surface area (Å²) < 4.78 is 0. The van der Waals surface area contributed by atoms with Gasteiger partial charge in [-0.15, -0.1) is 0 Å². The van der Waals surface area contributed by atoms with Crippen LogP contribution >= 0.6 is 0 Å². The molecule has 0 aliphatic carbocycles. The highest BCUT2D eigenvalue weighted by atomic mass is 16.2. The van der Waals surface area contributed by atoms with Crippen LogP contribution in [0.1, 0.15) is 35.4 Å². The van der Waals surface area contributed by atoms with Gasteiger partial charge in [0.1, 0.15) is 11.5 Å². The van der Waals surface area contributed by atoms with Crippen LogP contribution in [0.5, 0.6) is 0 Å². The summed E-state index contributed by atoms with van der Waals surface area (Å²) in [5.74, 6) is 1.75. The molecular weight excluding hydrogens is 302 g/mol. The van der Waals surface area contributed by atoms with Gasteiger partial charge in [0.2, 0.25) is 0 Å². The van der Waals surface area contributed by atoms with Crippen LogP contribution in [0, 0.1) is 12.8 Å². The monoisotopic (exact) mass is 325 g/mol. The normalized spacial score (nSPS) is 23.9. The quantitative estimate of drug-likeness (QED) is 0.920. The van der Waals surface area contributed by atoms with Crippen molar-refractivity contribution in [3.05, 3.63) is 41.9 Å². The number of fused-ring (bicyclic) bond motifs is 1. The predicted molar refractivity (Wildman–Crippen MR) is 91.9 cm³/mol. The Bertz CT molecular complexity index is 713. The van der Waals surface area contributed by atoms with Gasteiger partial charge in [0, 0.05) is 37.6 Å². The Hall–Kier alpha value is -2.37. The van der Waals surface area contributed by atoms with E-state index in [-0.39, 0.29) is 5.91 Å². The number of nitrogens with one attached hydrogen (secondary N) is 1. The van der Waals surface area contributed by atoms with Crippen LogP contribution < -0.4 is 4.90 Å². The number of likely N-dealkylation sites (tertiary alicyclic amines) is 1. The van der Waals surface area contributed by atoms with Crippen molar-refractivity contribution in [2.24, 2.45) is 5.92 Å². The molecule has 126 valence electrons. The number of rotatable bonds is 2. The van der Waals surface area contributed by atoms with Gasteiger partial charge >= 0.3 is 0 Å². The van der Waals surface area contributed by atoms with Gasteiger partial charge in [-0.1, -0.05) is 6.07 Å². The Morgan fingerprint density at radius 3 is 2.79 bits per heavy atom. The van der Waals surface area contributed by atoms with Gasteiger partial charge in [0.15, 0.2) is 0 Å². The highest BCUT2D eigenvalue weighted by Gasteiger charge is 2.37. The summed E-state index contributed by atoms with van der Waals surface area (Å²) in [6.45, 7) is 4.59. The van der Waals surface area contributed by atoms with Crippen LogP contribution in [0.2, 0.25) is 0 Å². The number of hydrogen-bond acceptors (Lipinski definition) is 4. The number of H-pyrrole nitrogens is 1. The standard InChI is InChI=1S/C18H23N5O/c1-13-12-15(21-20-13)18(24)22-9-5-14-6-11-23(16(14)7-10-22)17-4-2-3-8-19-17/h2-4,8,12,14,16H,5-7,9-11H2,1H3,(H,20,21)/t14-,16+/m1/s1. The molecule has 6 nitrogen and oxygen atoms in total. The van der Waals surface area contributed by atoms with Crippen molar-refractivity contribution in [1.29, 1.82) is 0 Å². The molecule has 2 atom stereocenters. The van der Waals surface area contributed by atoms with E-state index in [2.05, 4.69) is 26.1 Å². The first kappa shape index (κ1) is 15.2. The average Bonchev–Trinajstić information content (AvgIpc) is 3.16. The van der Waals surface area contributed by atoms with Gasteiger partial charge in [-0.05, 0) is 50.3 Å². The van der Waals surface area contributed by atoms with Crippen molar-refractivity contribution in [3.63, 3.8) is 0 Å². The largest absolute Gasteiger partial charge is 0.353 e. The first-order valence-corrected chi connectivity index (χ1v) is 8.71. The fourth-order valence-electron chi connectivity index (χ4n) is 4.07. The second kappa shape index (κ2) is 6.26. The molecule has 0 spiro atoms. The summed E-state index contributed by atoms with van der Waals surface area (Å²) >= 11 is 0. The number of aromatic nitrogens is 3. The number of carbonyl (C=O) groups is 1. The molecule has 2 aliphatic rings. The van der Waals surface area contributed by atoms with Gasteiger partial charge in [-0.25, -0.2) is 4.98 Å². The molecule has 4 rings (SSSR count). The summed E-state index contributed by atoms with van der Waals surface area (Å²) in [6.07, 6.45) is 5.10. The third-order valence-electron chi connectivity index (χ3n) is 5.31. The zero-order chi connectivity index (χ0) is 16.5. The molecule has 2 aliphatic heterocycles. The molecule has 0 radical (unpaired) electrons. The number of nitrogens with zero attached hydrogens (tertiary/aromatic N) is 4. The SMILES string of the molecule is Cc1cc(C(=O)N2CC[C@@H]3CCN(c4ccccn4)[C@H]3CC2)n[nH]1. The second-order valence-corrected chi connectivity index (χ2v) is 6.80. The van der Waals surface area contributed by atoms with Crippen molar-refractivity contribution >= 4 is 11.7 Å². The van der Waals surface area contributed by atoms with E-state index in [0.717, 1.165) is 44.0 Å². The van der Waals surface area contributed by atoms with Crippen LogP contribution in [0.15, 0.2) is 30.5 Å². The van der Waals surface area contributed by atoms with Gasteiger partial charge in [-0.2, -0.15) is 5.10 Å². The Morgan fingerprint density at radius 2 is 2.04 bits per heavy atom. The zero-order valence-corrected chi connectivity index (χ0v) is 14.0. The number of aromatic amines is 1. The lowest BCUT2D eigenvalue weighted by molar-refractivity contribution is 0.0753. The van der Waals surface area contributed by atoms with Crippen molar-refractivity contribution in [2.45, 2.75) is 32.2 Å². The molecule has 0 saturated carbocycles. The third-order valence-corrected chi connectivity index (χ3v) is 5.31. The molecule has 2 aromatic rings. The highest BCUT2D eigenvalue weighted by molar-refractivity contribution is 5.92. The molecular formula is C18H23N5O. The maximum atomic E-state index is 12.7. The van der Waals surface area contributed by atoms with E-state index in [0.29, 0.717) is 17.7 Å². The molecule has 2 saturated heterocycles. The highest BCUT2D eigenvalue weighted by Crippen LogP contribution is 2.34. The zero-order valence-electron chi connectivity index (χ0n) is 14.0. The Balaban J connectivity index is 1.48. The average molecular weight is 325 g/mol. The van der Waals surface area contributed by atoms with Crippen LogP contribution in [0.3, 0.4) is 0 Å². The summed E-state index contributed by atoms with van der Waals surface area (Å²) in [5, 5.41) is 6.98. The molecule has 0 unspecified atom stereocenters. The fourth-order valence-corrected chi connectivity index (χ4v) is 4.07. The van der Waals surface area contributed by atoms with Crippen LogP contribution in [-0.2, 0) is 0 Å². The molecule has 1 N–H and O–H groups in total. The number of carbonyl (C=O) groups excluding carboxylic acids is 1. The fraction of sp³-hybridized carbons (Fsp3) is 0.500. The van der Waals surface area contributed by atoms with Crippen molar-refractivity contribution in [3.8, 4) is 0 Å². The first-order valence-electron chi connectivity index (χ1n) is 8.71. The van der Waals surface area contributed by atoms with E-state index >= 15 is 0 Å². The first-order chi connectivity index (χ1) is 11.7. The van der Waals surface area contributed by atoms with Crippen LogP contribution in [0.25, 0.3) is 0 Å². The van der Waals surface area contributed by atoms with Crippen molar-refractivity contribution in [2.75, 3.05) is 24.5 Å². The number of hydrogen-bond donors (Lipinski definition) is 1. The Labute approximate surface area is 141 Å². The summed E-state index contributed by atoms with van der Waals surface area (Å²) in [6, 6.07) is 8.40. The molecule has 2 fully saturated rings. The minimum atomic E-state index is 0.0451. The number of amides is 1. The lowest BCUT2D eigenvalue weighted by Gasteiger charge is -2.28. The van der Waals surface area contributed by atoms with E-state index in [4.69, 9.17) is 0 Å². The Kier molecular flexibility index (Phi) is 3.96. The minimum Gasteiger partial charge on any atom is -0.353 e. The maximum Gasteiger partial charge on any atom is 0.274 e. The van der Waals surface area contributed by atoms with Gasteiger partial charge in [0.05, 0.1) is 0 Å². The van der Waals surface area contributed by atoms with E-state index in [1.807, 2.05) is 36.2 Å². The van der Waals surface area contributed by atoms with E-state index in [1.54, 1.807) is 0 Å². The minimum absolute atomic E-state index is 0.0451. The van der Waals surface area contributed by atoms with Crippen LogP contribution in [0.4, 0.5) is 5.82 Å². The molecule has 0 aromatic carbocycles. The van der Waals surface area contributed by atoms with Gasteiger partial charge < -0.3 is 9.80 Å². The molecule has 0 bridgehead atoms. The van der Waals surface area contributed by atoms with E-state index < -0.39 is 0 Å². The topological polar surface area (TPSA) is 65.1 Å². The van der Waals surface area contributed by atoms with E-state index in [9.17, 15) is 4.79 Å². The lowest BCUT2D eigenvalue weighted by atomic mass is 9.96. The number of anilines is 1. The third kappa shape index (κ3) is 2.77. The molecule has 1 amide bonds. The number of pyridine rings is 1. The molecule has 4 heterocycles. The maximum absolute atomic E-state index is 12.7. The van der Waals surface area contributed by atoms with Crippen LogP contribution in [-0.4, -0.2) is 51.7 Å². The number of aryl methyl sites for hydroxylation is 1. The van der Waals surface area contributed by atoms with Gasteiger partial charge in [0.25, 0.3) is 5.91 Å². The summed E-state index contributed by atoms with van der Waals surface area (Å²) in [4.78, 5) is 21.6. The van der Waals surface area contributed by atoms with Crippen molar-refractivity contribution < 1.29 is 4.79 Å². The smallest absolute Gasteiger partial charge is 0.274 e. The molecule has 6 heteroatoms. The summed E-state index contributed by atoms with van der Waals surface area (Å²) in [5.41, 5.74) is 1.45. The molecule has 2 aromatic heterocycles. The predicted octanol–water partition coefficient (Wildman–Crippen LogP) is 2.24.